The van der Waals surface area contributed by atoms with Crippen LogP contribution < -0.4 is 15.8 Å². The molecule has 20 heavy (non-hydrogen) atoms. The fourth-order valence-corrected chi connectivity index (χ4v) is 2.88. The summed E-state index contributed by atoms with van der Waals surface area (Å²) in [5.41, 5.74) is 7.33. The maximum absolute atomic E-state index is 12.4. The summed E-state index contributed by atoms with van der Waals surface area (Å²) in [6, 6.07) is 5.53. The van der Waals surface area contributed by atoms with E-state index in [1.165, 1.54) is 6.42 Å². The summed E-state index contributed by atoms with van der Waals surface area (Å²) in [6.07, 6.45) is 5.44. The standard InChI is InChI=1S/C16H24N2O2/c1-12-6-7-13(10-14(12)20-2)15(19)18-16(11-17)8-4-3-5-9-16/h6-7,10H,3-5,8-9,11,17H2,1-2H3,(H,18,19). The molecule has 1 fully saturated rings. The van der Waals surface area contributed by atoms with Crippen molar-refractivity contribution in [1.82, 2.24) is 5.32 Å². The van der Waals surface area contributed by atoms with Gasteiger partial charge in [0.05, 0.1) is 12.6 Å². The molecule has 0 aromatic heterocycles. The molecule has 3 N–H and O–H groups in total. The van der Waals surface area contributed by atoms with Gasteiger partial charge in [0.2, 0.25) is 0 Å². The molecule has 0 bridgehead atoms. The van der Waals surface area contributed by atoms with Crippen molar-refractivity contribution in [2.75, 3.05) is 13.7 Å². The Labute approximate surface area is 120 Å². The van der Waals surface area contributed by atoms with Gasteiger partial charge in [-0.2, -0.15) is 0 Å². The minimum atomic E-state index is -0.229. The van der Waals surface area contributed by atoms with Gasteiger partial charge in [0.25, 0.3) is 5.91 Å². The average Bonchev–Trinajstić information content (AvgIpc) is 2.48. The molecular formula is C16H24N2O2. The number of hydrogen-bond acceptors (Lipinski definition) is 3. The van der Waals surface area contributed by atoms with Crippen LogP contribution in [0.15, 0.2) is 18.2 Å². The number of amides is 1. The molecule has 1 aromatic carbocycles. The number of aryl methyl sites for hydroxylation is 1. The summed E-state index contributed by atoms with van der Waals surface area (Å²) in [5, 5.41) is 3.15. The van der Waals surface area contributed by atoms with Gasteiger partial charge in [0, 0.05) is 12.1 Å². The van der Waals surface area contributed by atoms with Crippen LogP contribution in [0.5, 0.6) is 5.75 Å². The summed E-state index contributed by atoms with van der Waals surface area (Å²) in [5.74, 6) is 0.679. The lowest BCUT2D eigenvalue weighted by Crippen LogP contribution is -2.54. The Morgan fingerprint density at radius 3 is 2.65 bits per heavy atom. The van der Waals surface area contributed by atoms with Crippen LogP contribution in [-0.4, -0.2) is 25.1 Å². The highest BCUT2D eigenvalue weighted by atomic mass is 16.5. The Balaban J connectivity index is 2.14. The summed E-state index contributed by atoms with van der Waals surface area (Å²) in [4.78, 5) is 12.4. The lowest BCUT2D eigenvalue weighted by Gasteiger charge is -2.37. The van der Waals surface area contributed by atoms with Crippen molar-refractivity contribution in [2.24, 2.45) is 5.73 Å². The monoisotopic (exact) mass is 276 g/mol. The minimum absolute atomic E-state index is 0.0596. The molecule has 0 aliphatic heterocycles. The van der Waals surface area contributed by atoms with Crippen molar-refractivity contribution in [1.29, 1.82) is 0 Å². The average molecular weight is 276 g/mol. The first-order valence-electron chi connectivity index (χ1n) is 7.27. The minimum Gasteiger partial charge on any atom is -0.496 e. The zero-order chi connectivity index (χ0) is 14.6. The molecule has 1 amide bonds. The second-order valence-electron chi connectivity index (χ2n) is 5.68. The molecule has 0 radical (unpaired) electrons. The maximum Gasteiger partial charge on any atom is 0.251 e. The number of nitrogens with two attached hydrogens (primary N) is 1. The van der Waals surface area contributed by atoms with E-state index in [0.29, 0.717) is 12.1 Å². The number of benzene rings is 1. The number of rotatable bonds is 4. The van der Waals surface area contributed by atoms with Crippen LogP contribution in [0.2, 0.25) is 0 Å². The van der Waals surface area contributed by atoms with Crippen LogP contribution in [0, 0.1) is 6.92 Å². The first-order chi connectivity index (χ1) is 9.60. The van der Waals surface area contributed by atoms with Crippen LogP contribution in [0.1, 0.15) is 48.0 Å². The molecule has 1 aliphatic carbocycles. The lowest BCUT2D eigenvalue weighted by molar-refractivity contribution is 0.0874. The van der Waals surface area contributed by atoms with Gasteiger partial charge >= 0.3 is 0 Å². The van der Waals surface area contributed by atoms with Crippen molar-refractivity contribution < 1.29 is 9.53 Å². The molecule has 1 aromatic rings. The zero-order valence-electron chi connectivity index (χ0n) is 12.4. The van der Waals surface area contributed by atoms with E-state index in [0.717, 1.165) is 37.0 Å². The third-order valence-corrected chi connectivity index (χ3v) is 4.25. The van der Waals surface area contributed by atoms with Crippen molar-refractivity contribution >= 4 is 5.91 Å². The maximum atomic E-state index is 12.4. The largest absolute Gasteiger partial charge is 0.496 e. The highest BCUT2D eigenvalue weighted by Gasteiger charge is 2.32. The SMILES string of the molecule is COc1cc(C(=O)NC2(CN)CCCCC2)ccc1C. The Hall–Kier alpha value is -1.55. The Morgan fingerprint density at radius 1 is 1.35 bits per heavy atom. The number of methoxy groups -OCH3 is 1. The van der Waals surface area contributed by atoms with Crippen molar-refractivity contribution in [3.8, 4) is 5.75 Å². The highest BCUT2D eigenvalue weighted by molar-refractivity contribution is 5.95. The van der Waals surface area contributed by atoms with Crippen LogP contribution >= 0.6 is 0 Å². The van der Waals surface area contributed by atoms with Crippen LogP contribution in [-0.2, 0) is 0 Å². The normalized spacial score (nSPS) is 17.6. The predicted molar refractivity (Wildman–Crippen MR) is 80.1 cm³/mol. The number of ether oxygens (including phenoxy) is 1. The predicted octanol–water partition coefficient (Wildman–Crippen LogP) is 2.40. The Morgan fingerprint density at radius 2 is 2.05 bits per heavy atom. The number of hydrogen-bond donors (Lipinski definition) is 2. The van der Waals surface area contributed by atoms with Crippen molar-refractivity contribution in [3.63, 3.8) is 0 Å². The van der Waals surface area contributed by atoms with Gasteiger partial charge in [-0.3, -0.25) is 4.79 Å². The second kappa shape index (κ2) is 6.27. The van der Waals surface area contributed by atoms with Gasteiger partial charge < -0.3 is 15.8 Å². The quantitative estimate of drug-likeness (QED) is 0.887. The van der Waals surface area contributed by atoms with E-state index in [2.05, 4.69) is 5.32 Å². The molecule has 4 nitrogen and oxygen atoms in total. The zero-order valence-corrected chi connectivity index (χ0v) is 12.4. The van der Waals surface area contributed by atoms with Gasteiger partial charge in [-0.1, -0.05) is 25.3 Å². The molecule has 0 saturated heterocycles. The second-order valence-corrected chi connectivity index (χ2v) is 5.68. The van der Waals surface area contributed by atoms with E-state index in [9.17, 15) is 4.79 Å². The number of nitrogens with one attached hydrogen (secondary N) is 1. The highest BCUT2D eigenvalue weighted by Crippen LogP contribution is 2.28. The molecule has 0 unspecified atom stereocenters. The van der Waals surface area contributed by atoms with E-state index in [1.54, 1.807) is 13.2 Å². The van der Waals surface area contributed by atoms with Gasteiger partial charge in [0.15, 0.2) is 0 Å². The van der Waals surface area contributed by atoms with Crippen LogP contribution in [0.25, 0.3) is 0 Å². The van der Waals surface area contributed by atoms with Gasteiger partial charge in [-0.15, -0.1) is 0 Å². The third kappa shape index (κ3) is 3.12. The Bertz CT molecular complexity index is 479. The smallest absolute Gasteiger partial charge is 0.251 e. The van der Waals surface area contributed by atoms with Gasteiger partial charge in [-0.25, -0.2) is 0 Å². The van der Waals surface area contributed by atoms with Crippen molar-refractivity contribution in [2.45, 2.75) is 44.6 Å². The molecule has 110 valence electrons. The topological polar surface area (TPSA) is 64.3 Å². The first kappa shape index (κ1) is 14.9. The van der Waals surface area contributed by atoms with E-state index in [1.807, 2.05) is 19.1 Å². The number of carbonyl (C=O) groups is 1. The summed E-state index contributed by atoms with van der Waals surface area (Å²) >= 11 is 0. The number of carbonyl (C=O) groups excluding carboxylic acids is 1. The fourth-order valence-electron chi connectivity index (χ4n) is 2.88. The summed E-state index contributed by atoms with van der Waals surface area (Å²) in [7, 11) is 1.62. The molecule has 1 aliphatic rings. The van der Waals surface area contributed by atoms with Gasteiger partial charge in [0.1, 0.15) is 5.75 Å². The Kier molecular flexibility index (Phi) is 4.65. The molecule has 0 atom stereocenters. The van der Waals surface area contributed by atoms with Crippen LogP contribution in [0.3, 0.4) is 0 Å². The van der Waals surface area contributed by atoms with Gasteiger partial charge in [-0.05, 0) is 37.5 Å². The van der Waals surface area contributed by atoms with E-state index in [-0.39, 0.29) is 11.4 Å². The lowest BCUT2D eigenvalue weighted by atomic mass is 9.81. The van der Waals surface area contributed by atoms with E-state index in [4.69, 9.17) is 10.5 Å². The van der Waals surface area contributed by atoms with Crippen molar-refractivity contribution in [3.05, 3.63) is 29.3 Å². The molecule has 1 saturated carbocycles. The summed E-state index contributed by atoms with van der Waals surface area (Å²) in [6.45, 7) is 2.46. The van der Waals surface area contributed by atoms with E-state index < -0.39 is 0 Å². The fraction of sp³-hybridized carbons (Fsp3) is 0.562. The third-order valence-electron chi connectivity index (χ3n) is 4.25. The van der Waals surface area contributed by atoms with E-state index >= 15 is 0 Å². The van der Waals surface area contributed by atoms with Crippen LogP contribution in [0.4, 0.5) is 0 Å². The molecular weight excluding hydrogens is 252 g/mol. The summed E-state index contributed by atoms with van der Waals surface area (Å²) < 4.78 is 5.27. The first-order valence-corrected chi connectivity index (χ1v) is 7.27. The molecule has 0 heterocycles. The molecule has 2 rings (SSSR count). The molecule has 4 heteroatoms. The molecule has 0 spiro atoms.